The minimum Gasteiger partial charge on any atom is -0.381 e. The van der Waals surface area contributed by atoms with Crippen LogP contribution >= 0.6 is 0 Å². The largest absolute Gasteiger partial charge is 0.422 e. The van der Waals surface area contributed by atoms with Gasteiger partial charge in [-0.3, -0.25) is 14.9 Å². The van der Waals surface area contributed by atoms with Crippen LogP contribution in [0.2, 0.25) is 0 Å². The first-order valence-corrected chi connectivity index (χ1v) is 9.56. The number of rotatable bonds is 7. The average molecular weight is 502 g/mol. The Morgan fingerprint density at radius 3 is 2.06 bits per heavy atom. The smallest absolute Gasteiger partial charge is 0.381 e. The highest BCUT2D eigenvalue weighted by atomic mass is 19.4. The molecule has 0 aromatic heterocycles. The number of benzene rings is 3. The van der Waals surface area contributed by atoms with E-state index in [1.165, 1.54) is 24.3 Å². The van der Waals surface area contributed by atoms with Crippen LogP contribution in [0.3, 0.4) is 0 Å². The normalized spacial score (nSPS) is 12.3. The van der Waals surface area contributed by atoms with Crippen molar-refractivity contribution in [3.8, 4) is 0 Å². The molecular formula is C22H13F7N2O4. The van der Waals surface area contributed by atoms with Crippen LogP contribution in [0.15, 0.2) is 48.5 Å². The fraction of sp³-hybridized carbons (Fsp3) is 0.136. The molecule has 0 spiro atoms. The fourth-order valence-electron chi connectivity index (χ4n) is 3.22. The number of halogens is 7. The molecule has 3 rings (SSSR count). The number of nitrogens with zero attached hydrogens (tertiary/aromatic N) is 1. The maximum Gasteiger partial charge on any atom is 0.422 e. The summed E-state index contributed by atoms with van der Waals surface area (Å²) in [7, 11) is 0. The summed E-state index contributed by atoms with van der Waals surface area (Å²) in [6.07, 6.45) is -7.73. The number of nitro groups is 1. The van der Waals surface area contributed by atoms with Crippen molar-refractivity contribution in [2.45, 2.75) is 18.8 Å². The van der Waals surface area contributed by atoms with E-state index in [9.17, 15) is 50.7 Å². The molecule has 0 aliphatic heterocycles. The van der Waals surface area contributed by atoms with E-state index < -0.39 is 75.2 Å². The van der Waals surface area contributed by atoms with E-state index in [-0.39, 0.29) is 11.3 Å². The number of ketones is 1. The zero-order chi connectivity index (χ0) is 26.1. The van der Waals surface area contributed by atoms with Crippen molar-refractivity contribution in [1.29, 1.82) is 0 Å². The first-order chi connectivity index (χ1) is 16.3. The number of anilines is 1. The monoisotopic (exact) mass is 502 g/mol. The molecule has 0 saturated carbocycles. The summed E-state index contributed by atoms with van der Waals surface area (Å²) in [5.41, 5.74) is -5.52. The molecule has 3 aromatic rings. The number of carbonyl (C=O) groups excluding carboxylic acids is 1. The Hall–Kier alpha value is -4.00. The molecule has 0 aliphatic carbocycles. The molecule has 184 valence electrons. The third-order valence-electron chi connectivity index (χ3n) is 4.93. The van der Waals surface area contributed by atoms with E-state index in [1.807, 2.05) is 0 Å². The van der Waals surface area contributed by atoms with Crippen LogP contribution in [0.25, 0.3) is 0 Å². The quantitative estimate of drug-likeness (QED) is 0.142. The zero-order valence-corrected chi connectivity index (χ0v) is 17.2. The van der Waals surface area contributed by atoms with Crippen molar-refractivity contribution in [3.05, 3.63) is 104 Å². The van der Waals surface area contributed by atoms with Crippen LogP contribution in [-0.2, 0) is 12.7 Å². The van der Waals surface area contributed by atoms with Gasteiger partial charge in [0.2, 0.25) is 0 Å². The Morgan fingerprint density at radius 1 is 0.971 bits per heavy atom. The highest BCUT2D eigenvalue weighted by Gasteiger charge is 2.42. The van der Waals surface area contributed by atoms with Crippen LogP contribution in [0.5, 0.6) is 0 Å². The summed E-state index contributed by atoms with van der Waals surface area (Å²) < 4.78 is 94.0. The second-order valence-corrected chi connectivity index (χ2v) is 7.12. The van der Waals surface area contributed by atoms with Crippen LogP contribution in [0.4, 0.5) is 42.1 Å². The molecule has 35 heavy (non-hydrogen) atoms. The second kappa shape index (κ2) is 9.70. The van der Waals surface area contributed by atoms with Crippen molar-refractivity contribution in [1.82, 2.24) is 0 Å². The van der Waals surface area contributed by atoms with Gasteiger partial charge >= 0.3 is 6.18 Å². The first-order valence-electron chi connectivity index (χ1n) is 9.56. The van der Waals surface area contributed by atoms with Gasteiger partial charge in [0.15, 0.2) is 29.1 Å². The Bertz CT molecular complexity index is 1270. The van der Waals surface area contributed by atoms with Gasteiger partial charge in [-0.15, -0.1) is 0 Å². The topological polar surface area (TPSA) is 92.5 Å². The molecule has 1 unspecified atom stereocenters. The summed E-state index contributed by atoms with van der Waals surface area (Å²) in [6, 6.07) is 9.97. The molecule has 0 amide bonds. The minimum atomic E-state index is -5.70. The molecule has 0 fully saturated rings. The van der Waals surface area contributed by atoms with E-state index in [4.69, 9.17) is 0 Å². The van der Waals surface area contributed by atoms with E-state index in [0.29, 0.717) is 0 Å². The number of carbonyl (C=O) groups is 1. The van der Waals surface area contributed by atoms with Crippen LogP contribution < -0.4 is 5.32 Å². The number of nitro benzene ring substituents is 1. The predicted molar refractivity (Wildman–Crippen MR) is 107 cm³/mol. The maximum atomic E-state index is 14.1. The second-order valence-electron chi connectivity index (χ2n) is 7.12. The van der Waals surface area contributed by atoms with Gasteiger partial charge in [-0.2, -0.15) is 13.2 Å². The molecule has 0 bridgehead atoms. The van der Waals surface area contributed by atoms with Crippen molar-refractivity contribution >= 4 is 17.2 Å². The molecule has 0 saturated heterocycles. The maximum absolute atomic E-state index is 14.1. The standard InChI is InChI=1S/C22H13F7N2O4/c23-16-13(17(24)19(26)15(18(16)25)22(27,28)29)9-30-11-6-7-14(31(34)35)12(8-11)21(33)20(32)10-4-2-1-3-5-10/h1-8,21,30,33H,9H2. The van der Waals surface area contributed by atoms with Gasteiger partial charge in [0.1, 0.15) is 11.7 Å². The minimum absolute atomic E-state index is 0.0208. The summed E-state index contributed by atoms with van der Waals surface area (Å²) >= 11 is 0. The number of aliphatic hydroxyl groups excluding tert-OH is 1. The van der Waals surface area contributed by atoms with Gasteiger partial charge in [0, 0.05) is 29.4 Å². The summed E-state index contributed by atoms with van der Waals surface area (Å²) in [5, 5.41) is 24.0. The molecule has 1 atom stereocenters. The number of Topliss-reactive ketones (excluding diaryl/α,β-unsaturated/α-hetero) is 1. The summed E-state index contributed by atoms with van der Waals surface area (Å²) in [5.74, 6) is -10.8. The van der Waals surface area contributed by atoms with E-state index in [2.05, 4.69) is 5.32 Å². The summed E-state index contributed by atoms with van der Waals surface area (Å²) in [6.45, 7) is -1.08. The Morgan fingerprint density at radius 2 is 1.54 bits per heavy atom. The zero-order valence-electron chi connectivity index (χ0n) is 17.2. The van der Waals surface area contributed by atoms with Crippen molar-refractivity contribution < 1.29 is 45.6 Å². The number of hydrogen-bond acceptors (Lipinski definition) is 5. The lowest BCUT2D eigenvalue weighted by atomic mass is 9.98. The van der Waals surface area contributed by atoms with Crippen LogP contribution in [0, 0.1) is 33.4 Å². The highest BCUT2D eigenvalue weighted by molar-refractivity contribution is 6.00. The predicted octanol–water partition coefficient (Wildman–Crippen LogP) is 5.70. The van der Waals surface area contributed by atoms with E-state index >= 15 is 0 Å². The molecule has 2 N–H and O–H groups in total. The van der Waals surface area contributed by atoms with E-state index in [1.54, 1.807) is 6.07 Å². The molecule has 13 heteroatoms. The third kappa shape index (κ3) is 5.09. The Kier molecular flexibility index (Phi) is 7.10. The van der Waals surface area contributed by atoms with Gasteiger partial charge in [-0.05, 0) is 12.1 Å². The van der Waals surface area contributed by atoms with Crippen molar-refractivity contribution in [2.75, 3.05) is 5.32 Å². The molecule has 6 nitrogen and oxygen atoms in total. The van der Waals surface area contributed by atoms with Gasteiger partial charge in [0.05, 0.1) is 10.5 Å². The van der Waals surface area contributed by atoms with Crippen molar-refractivity contribution in [3.63, 3.8) is 0 Å². The van der Waals surface area contributed by atoms with Gasteiger partial charge in [-0.25, -0.2) is 17.6 Å². The number of hydrogen-bond donors (Lipinski definition) is 2. The fourth-order valence-corrected chi connectivity index (χ4v) is 3.22. The average Bonchev–Trinajstić information content (AvgIpc) is 2.81. The summed E-state index contributed by atoms with van der Waals surface area (Å²) in [4.78, 5) is 23.0. The first kappa shape index (κ1) is 25.6. The number of nitrogens with one attached hydrogen (secondary N) is 1. The van der Waals surface area contributed by atoms with Crippen molar-refractivity contribution in [2.24, 2.45) is 0 Å². The number of aliphatic hydroxyl groups is 1. The Labute approximate surface area is 191 Å². The van der Waals surface area contributed by atoms with Crippen LogP contribution in [-0.4, -0.2) is 15.8 Å². The van der Waals surface area contributed by atoms with Gasteiger partial charge < -0.3 is 10.4 Å². The Balaban J connectivity index is 1.96. The van der Waals surface area contributed by atoms with Gasteiger partial charge in [0.25, 0.3) is 5.69 Å². The molecule has 3 aromatic carbocycles. The van der Waals surface area contributed by atoms with Crippen LogP contribution in [0.1, 0.15) is 33.2 Å². The lowest BCUT2D eigenvalue weighted by Gasteiger charge is -2.16. The molecule has 0 heterocycles. The van der Waals surface area contributed by atoms with E-state index in [0.717, 1.165) is 18.2 Å². The lowest BCUT2D eigenvalue weighted by molar-refractivity contribution is -0.386. The SMILES string of the molecule is O=C(c1ccccc1)C(O)c1cc(NCc2c(F)c(F)c(C(F)(F)F)c(F)c2F)ccc1[N+](=O)[O-]. The molecule has 0 aliphatic rings. The lowest BCUT2D eigenvalue weighted by Crippen LogP contribution is -2.18. The molecule has 0 radical (unpaired) electrons. The third-order valence-corrected chi connectivity index (χ3v) is 4.93. The van der Waals surface area contributed by atoms with Gasteiger partial charge in [-0.1, -0.05) is 30.3 Å². The number of alkyl halides is 3. The highest BCUT2D eigenvalue weighted by Crippen LogP contribution is 2.37. The molecular weight excluding hydrogens is 489 g/mol.